The zero-order chi connectivity index (χ0) is 20.5. The highest BCUT2D eigenvalue weighted by Gasteiger charge is 2.33. The second kappa shape index (κ2) is 8.26. The molecule has 3 rings (SSSR count). The molecule has 0 bridgehead atoms. The largest absolute Gasteiger partial charge is 0.309 e. The highest BCUT2D eigenvalue weighted by atomic mass is 32.2. The molecule has 148 valence electrons. The molecule has 1 N–H and O–H groups in total. The lowest BCUT2D eigenvalue weighted by Crippen LogP contribution is -2.55. The van der Waals surface area contributed by atoms with Crippen molar-refractivity contribution in [3.05, 3.63) is 53.1 Å². The normalized spacial score (nSPS) is 20.7. The molecule has 0 amide bonds. The van der Waals surface area contributed by atoms with Crippen molar-refractivity contribution in [2.24, 2.45) is 0 Å². The Kier molecular flexibility index (Phi) is 6.15. The first-order valence-corrected chi connectivity index (χ1v) is 11.5. The molecule has 2 atom stereocenters. The molecule has 2 unspecified atom stereocenters. The number of rotatable bonds is 4. The van der Waals surface area contributed by atoms with E-state index in [9.17, 15) is 13.7 Å². The summed E-state index contributed by atoms with van der Waals surface area (Å²) in [7, 11) is -3.71. The van der Waals surface area contributed by atoms with Crippen LogP contribution in [0.5, 0.6) is 0 Å². The third-order valence-electron chi connectivity index (χ3n) is 4.78. The Morgan fingerprint density at radius 2 is 1.75 bits per heavy atom. The van der Waals surface area contributed by atoms with Gasteiger partial charge < -0.3 is 5.32 Å². The molecule has 1 aliphatic rings. The second-order valence-electron chi connectivity index (χ2n) is 7.44. The van der Waals surface area contributed by atoms with Gasteiger partial charge in [0.15, 0.2) is 0 Å². The first-order chi connectivity index (χ1) is 13.2. The fourth-order valence-electron chi connectivity index (χ4n) is 3.41. The van der Waals surface area contributed by atoms with Crippen LogP contribution in [0.4, 0.5) is 0 Å². The van der Waals surface area contributed by atoms with Crippen LogP contribution in [0.3, 0.4) is 0 Å². The van der Waals surface area contributed by atoms with Crippen molar-refractivity contribution in [3.8, 4) is 6.07 Å². The van der Waals surface area contributed by atoms with Gasteiger partial charge in [-0.3, -0.25) is 0 Å². The number of aryl methyl sites for hydroxylation is 2. The van der Waals surface area contributed by atoms with E-state index in [0.29, 0.717) is 23.5 Å². The lowest BCUT2D eigenvalue weighted by atomic mass is 10.2. The maximum absolute atomic E-state index is 13.5. The van der Waals surface area contributed by atoms with Gasteiger partial charge in [0.1, 0.15) is 0 Å². The van der Waals surface area contributed by atoms with E-state index in [2.05, 4.69) is 17.5 Å². The molecule has 0 aliphatic carbocycles. The first-order valence-electron chi connectivity index (χ1n) is 9.26. The highest BCUT2D eigenvalue weighted by Crippen LogP contribution is 2.37. The zero-order valence-electron chi connectivity index (χ0n) is 16.6. The van der Waals surface area contributed by atoms with E-state index in [-0.39, 0.29) is 17.0 Å². The number of nitriles is 1. The summed E-state index contributed by atoms with van der Waals surface area (Å²) in [5.74, 6) is 0. The third-order valence-corrected chi connectivity index (χ3v) is 8.01. The Labute approximate surface area is 171 Å². The monoisotopic (exact) mass is 415 g/mol. The van der Waals surface area contributed by atoms with Crippen LogP contribution in [0.2, 0.25) is 0 Å². The molecule has 1 heterocycles. The molecular weight excluding hydrogens is 390 g/mol. The molecule has 0 aromatic heterocycles. The predicted molar refractivity (Wildman–Crippen MR) is 112 cm³/mol. The van der Waals surface area contributed by atoms with E-state index in [1.54, 1.807) is 12.1 Å². The van der Waals surface area contributed by atoms with Gasteiger partial charge in [-0.2, -0.15) is 9.57 Å². The molecule has 0 saturated carbocycles. The molecule has 0 spiro atoms. The van der Waals surface area contributed by atoms with E-state index in [1.165, 1.54) is 22.1 Å². The van der Waals surface area contributed by atoms with Crippen molar-refractivity contribution in [2.75, 3.05) is 13.1 Å². The summed E-state index contributed by atoms with van der Waals surface area (Å²) < 4.78 is 28.5. The van der Waals surface area contributed by atoms with Gasteiger partial charge in [-0.25, -0.2) is 8.42 Å². The van der Waals surface area contributed by atoms with Gasteiger partial charge >= 0.3 is 0 Å². The Balaban J connectivity index is 2.06. The van der Waals surface area contributed by atoms with Crippen LogP contribution in [-0.2, 0) is 10.0 Å². The number of nitrogens with zero attached hydrogens (tertiary/aromatic N) is 2. The van der Waals surface area contributed by atoms with Crippen LogP contribution in [0, 0.1) is 25.2 Å². The van der Waals surface area contributed by atoms with Gasteiger partial charge in [0, 0.05) is 35.0 Å². The SMILES string of the molecule is Cc1ccc(C)c(Sc2ccc(C#N)cc2S(=O)(=O)N2CC(C)NC(C)C2)c1. The van der Waals surface area contributed by atoms with Crippen molar-refractivity contribution in [1.29, 1.82) is 5.26 Å². The average Bonchev–Trinajstić information content (AvgIpc) is 2.64. The van der Waals surface area contributed by atoms with E-state index in [4.69, 9.17) is 0 Å². The highest BCUT2D eigenvalue weighted by molar-refractivity contribution is 8.00. The van der Waals surface area contributed by atoms with E-state index in [0.717, 1.165) is 16.0 Å². The standard InChI is InChI=1S/C21H25N3O2S2/c1-14-5-6-15(2)20(9-14)27-19-8-7-18(11-22)10-21(19)28(25,26)24-12-16(3)23-17(4)13-24/h5-10,16-17,23H,12-13H2,1-4H3. The fourth-order valence-corrected chi connectivity index (χ4v) is 6.57. The quantitative estimate of drug-likeness (QED) is 0.824. The van der Waals surface area contributed by atoms with Gasteiger partial charge in [0.25, 0.3) is 0 Å². The lowest BCUT2D eigenvalue weighted by molar-refractivity contribution is 0.262. The number of hydrogen-bond acceptors (Lipinski definition) is 5. The van der Waals surface area contributed by atoms with Crippen molar-refractivity contribution in [2.45, 2.75) is 54.5 Å². The van der Waals surface area contributed by atoms with E-state index >= 15 is 0 Å². The Morgan fingerprint density at radius 3 is 2.39 bits per heavy atom. The minimum atomic E-state index is -3.71. The third kappa shape index (κ3) is 4.41. The van der Waals surface area contributed by atoms with Crippen LogP contribution in [0.25, 0.3) is 0 Å². The van der Waals surface area contributed by atoms with Gasteiger partial charge in [-0.1, -0.05) is 23.9 Å². The van der Waals surface area contributed by atoms with E-state index in [1.807, 2.05) is 39.8 Å². The minimum Gasteiger partial charge on any atom is -0.309 e. The van der Waals surface area contributed by atoms with Crippen LogP contribution < -0.4 is 5.32 Å². The Bertz CT molecular complexity index is 1020. The summed E-state index contributed by atoms with van der Waals surface area (Å²) in [5, 5.41) is 12.7. The minimum absolute atomic E-state index is 0.0767. The van der Waals surface area contributed by atoms with Crippen LogP contribution in [0.15, 0.2) is 51.1 Å². The molecule has 2 aromatic rings. The number of piperazine rings is 1. The fraction of sp³-hybridized carbons (Fsp3) is 0.381. The van der Waals surface area contributed by atoms with Crippen LogP contribution >= 0.6 is 11.8 Å². The second-order valence-corrected chi connectivity index (χ2v) is 10.4. The summed E-state index contributed by atoms with van der Waals surface area (Å²) in [4.78, 5) is 1.87. The topological polar surface area (TPSA) is 73.2 Å². The molecule has 1 aliphatic heterocycles. The molecule has 5 nitrogen and oxygen atoms in total. The number of sulfonamides is 1. The molecule has 2 aromatic carbocycles. The summed E-state index contributed by atoms with van der Waals surface area (Å²) >= 11 is 1.44. The molecule has 1 fully saturated rings. The molecule has 1 saturated heterocycles. The Morgan fingerprint density at radius 1 is 1.07 bits per heavy atom. The number of hydrogen-bond donors (Lipinski definition) is 1. The van der Waals surface area contributed by atoms with Crippen LogP contribution in [0.1, 0.15) is 30.5 Å². The van der Waals surface area contributed by atoms with Crippen LogP contribution in [-0.4, -0.2) is 37.9 Å². The number of nitrogens with one attached hydrogen (secondary N) is 1. The summed E-state index contributed by atoms with van der Waals surface area (Å²) in [5.41, 5.74) is 2.56. The first kappa shape index (κ1) is 20.9. The van der Waals surface area contributed by atoms with Gasteiger partial charge in [0.05, 0.1) is 16.5 Å². The van der Waals surface area contributed by atoms with Crippen molar-refractivity contribution in [1.82, 2.24) is 9.62 Å². The van der Waals surface area contributed by atoms with Crippen molar-refractivity contribution in [3.63, 3.8) is 0 Å². The number of benzene rings is 2. The van der Waals surface area contributed by atoms with E-state index < -0.39 is 10.0 Å². The maximum Gasteiger partial charge on any atom is 0.244 e. The zero-order valence-corrected chi connectivity index (χ0v) is 18.2. The van der Waals surface area contributed by atoms with Crippen molar-refractivity contribution < 1.29 is 8.42 Å². The van der Waals surface area contributed by atoms with Gasteiger partial charge in [-0.15, -0.1) is 0 Å². The smallest absolute Gasteiger partial charge is 0.244 e. The van der Waals surface area contributed by atoms with Gasteiger partial charge in [0.2, 0.25) is 10.0 Å². The summed E-state index contributed by atoms with van der Waals surface area (Å²) in [6.45, 7) is 8.82. The average molecular weight is 416 g/mol. The lowest BCUT2D eigenvalue weighted by Gasteiger charge is -2.35. The Hall–Kier alpha value is -1.85. The molecular formula is C21H25N3O2S2. The van der Waals surface area contributed by atoms with Gasteiger partial charge in [-0.05, 0) is 63.1 Å². The molecule has 0 radical (unpaired) electrons. The summed E-state index contributed by atoms with van der Waals surface area (Å²) in [6.07, 6.45) is 0. The summed E-state index contributed by atoms with van der Waals surface area (Å²) in [6, 6.07) is 13.3. The predicted octanol–water partition coefficient (Wildman–Crippen LogP) is 3.70. The maximum atomic E-state index is 13.5. The molecule has 28 heavy (non-hydrogen) atoms. The molecule has 7 heteroatoms. The van der Waals surface area contributed by atoms with Crippen molar-refractivity contribution >= 4 is 21.8 Å².